The Bertz CT molecular complexity index is 501. The van der Waals surface area contributed by atoms with E-state index in [0.717, 1.165) is 6.07 Å². The first-order valence-corrected chi connectivity index (χ1v) is 5.06. The van der Waals surface area contributed by atoms with E-state index in [9.17, 15) is 13.2 Å². The molecule has 0 aliphatic heterocycles. The van der Waals surface area contributed by atoms with Gasteiger partial charge in [-0.3, -0.25) is 0 Å². The molecular formula is C12H11F3N2. The number of nitrogens with two attached hydrogens (primary N) is 1. The highest BCUT2D eigenvalue weighted by Crippen LogP contribution is 2.34. The molecule has 1 aromatic heterocycles. The predicted molar refractivity (Wildman–Crippen MR) is 58.7 cm³/mol. The molecule has 0 atom stereocenters. The van der Waals surface area contributed by atoms with E-state index >= 15 is 0 Å². The summed E-state index contributed by atoms with van der Waals surface area (Å²) in [6.45, 7) is 0.0923. The van der Waals surface area contributed by atoms with E-state index in [0.29, 0.717) is 5.56 Å². The lowest BCUT2D eigenvalue weighted by Crippen LogP contribution is -2.11. The second-order valence-corrected chi connectivity index (χ2v) is 3.64. The molecule has 2 N–H and O–H groups in total. The van der Waals surface area contributed by atoms with Crippen molar-refractivity contribution < 1.29 is 13.2 Å². The Morgan fingerprint density at radius 3 is 2.29 bits per heavy atom. The first kappa shape index (κ1) is 11.7. The van der Waals surface area contributed by atoms with E-state index in [1.807, 2.05) is 0 Å². The van der Waals surface area contributed by atoms with Crippen LogP contribution in [0, 0.1) is 0 Å². The van der Waals surface area contributed by atoms with E-state index in [1.165, 1.54) is 10.6 Å². The molecule has 0 unspecified atom stereocenters. The Morgan fingerprint density at radius 2 is 1.76 bits per heavy atom. The van der Waals surface area contributed by atoms with Gasteiger partial charge in [0.1, 0.15) is 0 Å². The van der Waals surface area contributed by atoms with Gasteiger partial charge in [-0.25, -0.2) is 0 Å². The highest BCUT2D eigenvalue weighted by molar-refractivity contribution is 5.45. The van der Waals surface area contributed by atoms with Crippen molar-refractivity contribution in [3.63, 3.8) is 0 Å². The third-order valence-corrected chi connectivity index (χ3v) is 2.48. The molecule has 0 bridgehead atoms. The summed E-state index contributed by atoms with van der Waals surface area (Å²) in [4.78, 5) is 0. The highest BCUT2D eigenvalue weighted by atomic mass is 19.4. The quantitative estimate of drug-likeness (QED) is 0.859. The SMILES string of the molecule is NCc1ccc(-n2cccc2)c(C(F)(F)F)c1. The van der Waals surface area contributed by atoms with Crippen molar-refractivity contribution in [2.75, 3.05) is 0 Å². The number of hydrogen-bond acceptors (Lipinski definition) is 1. The zero-order valence-electron chi connectivity index (χ0n) is 8.91. The molecular weight excluding hydrogens is 229 g/mol. The lowest BCUT2D eigenvalue weighted by molar-refractivity contribution is -0.137. The minimum Gasteiger partial charge on any atom is -0.326 e. The molecule has 0 saturated heterocycles. The summed E-state index contributed by atoms with van der Waals surface area (Å²) in [5, 5.41) is 0. The zero-order valence-corrected chi connectivity index (χ0v) is 8.91. The van der Waals surface area contributed by atoms with Crippen LogP contribution in [0.1, 0.15) is 11.1 Å². The van der Waals surface area contributed by atoms with Crippen molar-refractivity contribution in [3.05, 3.63) is 53.9 Å². The molecule has 0 amide bonds. The van der Waals surface area contributed by atoms with Crippen molar-refractivity contribution in [2.45, 2.75) is 12.7 Å². The summed E-state index contributed by atoms with van der Waals surface area (Å²) in [6, 6.07) is 7.49. The Labute approximate surface area is 96.5 Å². The molecule has 2 nitrogen and oxygen atoms in total. The van der Waals surface area contributed by atoms with Gasteiger partial charge < -0.3 is 10.3 Å². The highest BCUT2D eigenvalue weighted by Gasteiger charge is 2.34. The van der Waals surface area contributed by atoms with Crippen LogP contribution in [0.2, 0.25) is 0 Å². The Balaban J connectivity index is 2.59. The molecule has 0 aliphatic rings. The summed E-state index contributed by atoms with van der Waals surface area (Å²) in [7, 11) is 0. The first-order valence-electron chi connectivity index (χ1n) is 5.06. The van der Waals surface area contributed by atoms with Crippen molar-refractivity contribution in [3.8, 4) is 5.69 Å². The van der Waals surface area contributed by atoms with Crippen LogP contribution in [0.3, 0.4) is 0 Å². The summed E-state index contributed by atoms with van der Waals surface area (Å²) >= 11 is 0. The maximum Gasteiger partial charge on any atom is 0.418 e. The lowest BCUT2D eigenvalue weighted by atomic mass is 10.1. The van der Waals surface area contributed by atoms with Gasteiger partial charge in [0.05, 0.1) is 11.3 Å². The van der Waals surface area contributed by atoms with Gasteiger partial charge in [-0.1, -0.05) is 6.07 Å². The minimum absolute atomic E-state index is 0.0923. The van der Waals surface area contributed by atoms with Crippen molar-refractivity contribution in [2.24, 2.45) is 5.73 Å². The first-order chi connectivity index (χ1) is 8.02. The molecule has 90 valence electrons. The zero-order chi connectivity index (χ0) is 12.5. The largest absolute Gasteiger partial charge is 0.418 e. The fraction of sp³-hybridized carbons (Fsp3) is 0.167. The number of alkyl halides is 3. The van der Waals surface area contributed by atoms with Gasteiger partial charge in [-0.2, -0.15) is 13.2 Å². The van der Waals surface area contributed by atoms with Crippen LogP contribution in [-0.4, -0.2) is 4.57 Å². The van der Waals surface area contributed by atoms with E-state index in [1.54, 1.807) is 30.6 Å². The third kappa shape index (κ3) is 2.34. The van der Waals surface area contributed by atoms with Crippen LogP contribution < -0.4 is 5.73 Å². The molecule has 2 rings (SSSR count). The number of rotatable bonds is 2. The summed E-state index contributed by atoms with van der Waals surface area (Å²) in [5.74, 6) is 0. The van der Waals surface area contributed by atoms with E-state index in [-0.39, 0.29) is 12.2 Å². The number of aromatic nitrogens is 1. The molecule has 0 radical (unpaired) electrons. The van der Waals surface area contributed by atoms with Crippen LogP contribution in [-0.2, 0) is 12.7 Å². The topological polar surface area (TPSA) is 30.9 Å². The molecule has 5 heteroatoms. The number of benzene rings is 1. The second-order valence-electron chi connectivity index (χ2n) is 3.64. The second kappa shape index (κ2) is 4.25. The number of nitrogens with zero attached hydrogens (tertiary/aromatic N) is 1. The molecule has 0 spiro atoms. The average Bonchev–Trinajstić information content (AvgIpc) is 2.80. The predicted octanol–water partition coefficient (Wildman–Crippen LogP) is 2.95. The standard InChI is InChI=1S/C12H11F3N2/c13-12(14,15)10-7-9(8-16)3-4-11(10)17-5-1-2-6-17/h1-7H,8,16H2. The Hall–Kier alpha value is -1.75. The summed E-state index contributed by atoms with van der Waals surface area (Å²) < 4.78 is 40.1. The number of hydrogen-bond donors (Lipinski definition) is 1. The smallest absolute Gasteiger partial charge is 0.326 e. The Morgan fingerprint density at radius 1 is 1.12 bits per heavy atom. The number of halogens is 3. The van der Waals surface area contributed by atoms with E-state index < -0.39 is 11.7 Å². The van der Waals surface area contributed by atoms with Crippen LogP contribution >= 0.6 is 0 Å². The fourth-order valence-electron chi connectivity index (χ4n) is 1.66. The molecule has 2 aromatic rings. The molecule has 0 aliphatic carbocycles. The summed E-state index contributed by atoms with van der Waals surface area (Å²) in [5.41, 5.74) is 5.26. The van der Waals surface area contributed by atoms with Crippen LogP contribution in [0.4, 0.5) is 13.2 Å². The maximum absolute atomic E-state index is 12.9. The van der Waals surface area contributed by atoms with E-state index in [2.05, 4.69) is 0 Å². The van der Waals surface area contributed by atoms with Crippen molar-refractivity contribution >= 4 is 0 Å². The average molecular weight is 240 g/mol. The van der Waals surface area contributed by atoms with Gasteiger partial charge in [0, 0.05) is 18.9 Å². The van der Waals surface area contributed by atoms with Gasteiger partial charge in [0.2, 0.25) is 0 Å². The van der Waals surface area contributed by atoms with Gasteiger partial charge in [0.15, 0.2) is 0 Å². The van der Waals surface area contributed by atoms with Crippen molar-refractivity contribution in [1.29, 1.82) is 0 Å². The molecule has 1 heterocycles. The third-order valence-electron chi connectivity index (χ3n) is 2.48. The monoisotopic (exact) mass is 240 g/mol. The fourth-order valence-corrected chi connectivity index (χ4v) is 1.66. The van der Waals surface area contributed by atoms with Gasteiger partial charge in [-0.15, -0.1) is 0 Å². The van der Waals surface area contributed by atoms with Crippen molar-refractivity contribution in [1.82, 2.24) is 4.57 Å². The molecule has 17 heavy (non-hydrogen) atoms. The Kier molecular flexibility index (Phi) is 2.93. The minimum atomic E-state index is -4.38. The maximum atomic E-state index is 12.9. The van der Waals surface area contributed by atoms with Gasteiger partial charge in [0.25, 0.3) is 0 Å². The summed E-state index contributed by atoms with van der Waals surface area (Å²) in [6.07, 6.45) is -1.23. The van der Waals surface area contributed by atoms with Crippen LogP contribution in [0.5, 0.6) is 0 Å². The lowest BCUT2D eigenvalue weighted by Gasteiger charge is -2.14. The normalized spacial score (nSPS) is 11.8. The van der Waals surface area contributed by atoms with Crippen LogP contribution in [0.25, 0.3) is 5.69 Å². The van der Waals surface area contributed by atoms with Gasteiger partial charge in [-0.05, 0) is 29.8 Å². The molecule has 0 saturated carbocycles. The van der Waals surface area contributed by atoms with Crippen LogP contribution in [0.15, 0.2) is 42.7 Å². The molecule has 0 fully saturated rings. The molecule has 1 aromatic carbocycles. The van der Waals surface area contributed by atoms with Gasteiger partial charge >= 0.3 is 6.18 Å². The van der Waals surface area contributed by atoms with E-state index in [4.69, 9.17) is 5.73 Å².